The van der Waals surface area contributed by atoms with E-state index in [4.69, 9.17) is 8.37 Å². The largest absolute Gasteiger partial charge is 0.298 e. The molecular weight excluding hydrogens is 689 g/mol. The highest BCUT2D eigenvalue weighted by atomic mass is 32.2. The second kappa shape index (κ2) is 18.5. The molecule has 0 saturated carbocycles. The predicted octanol–water partition coefficient (Wildman–Crippen LogP) is 10.1. The molecule has 0 N–H and O–H groups in total. The van der Waals surface area contributed by atoms with Crippen LogP contribution in [0.15, 0.2) is 119 Å². The summed E-state index contributed by atoms with van der Waals surface area (Å²) in [5, 5.41) is 0. The average Bonchev–Trinajstić information content (AvgIpc) is 3.19. The molecule has 2 unspecified atom stereocenters. The van der Waals surface area contributed by atoms with Crippen molar-refractivity contribution in [3.05, 3.63) is 131 Å². The molecule has 0 aliphatic carbocycles. The normalized spacial score (nSPS) is 26.0. The Bertz CT molecular complexity index is 1710. The Morgan fingerprint density at radius 3 is 1.23 bits per heavy atom. The van der Waals surface area contributed by atoms with Gasteiger partial charge in [0.25, 0.3) is 0 Å². The Morgan fingerprint density at radius 1 is 0.538 bits per heavy atom. The molecule has 0 bridgehead atoms. The Labute approximate surface area is 315 Å². The summed E-state index contributed by atoms with van der Waals surface area (Å²) in [6.45, 7) is 8.75. The number of benzene rings is 4. The molecule has 8 heteroatoms. The summed E-state index contributed by atoms with van der Waals surface area (Å²) < 4.78 is 37.0. The zero-order chi connectivity index (χ0) is 37.1. The number of carbonyl (C=O) groups is 2. The number of hydrogen-bond acceptors (Lipinski definition) is 6. The zero-order valence-electron chi connectivity index (χ0n) is 30.9. The number of fused-ring (bicyclic) bond motifs is 2. The van der Waals surface area contributed by atoms with E-state index in [1.807, 2.05) is 111 Å². The molecule has 6 rings (SSSR count). The van der Waals surface area contributed by atoms with E-state index < -0.39 is 44.8 Å². The van der Waals surface area contributed by atoms with Gasteiger partial charge in [-0.05, 0) is 60.1 Å². The summed E-state index contributed by atoms with van der Waals surface area (Å²) in [6.07, 6.45) is 6.86. The Balaban J connectivity index is 0.000000201. The van der Waals surface area contributed by atoms with E-state index in [9.17, 15) is 18.0 Å². The highest BCUT2D eigenvalue weighted by molar-refractivity contribution is 7.80. The fraction of sp³-hybridized carbons (Fsp3) is 0.409. The Hall–Kier alpha value is -3.56. The van der Waals surface area contributed by atoms with Crippen molar-refractivity contribution in [1.29, 1.82) is 0 Å². The van der Waals surface area contributed by atoms with E-state index in [1.54, 1.807) is 12.1 Å². The van der Waals surface area contributed by atoms with Crippen LogP contribution < -0.4 is 0 Å². The maximum Gasteiger partial charge on any atom is 0.189 e. The van der Waals surface area contributed by atoms with Crippen LogP contribution in [0.1, 0.15) is 113 Å². The summed E-state index contributed by atoms with van der Waals surface area (Å²) in [5.41, 5.74) is 2.32. The summed E-state index contributed by atoms with van der Waals surface area (Å²) in [5.74, 6) is -0.443. The van der Waals surface area contributed by atoms with Crippen LogP contribution >= 0.6 is 0 Å². The molecule has 0 aromatic heterocycles. The van der Waals surface area contributed by atoms with Gasteiger partial charge in [-0.15, -0.1) is 0 Å². The minimum absolute atomic E-state index is 0.184. The highest BCUT2D eigenvalue weighted by Gasteiger charge is 2.46. The van der Waals surface area contributed by atoms with Crippen molar-refractivity contribution >= 4 is 33.7 Å². The molecule has 2 aliphatic rings. The second-order valence-electron chi connectivity index (χ2n) is 14.0. The SMILES string of the molecule is CCCC[C@]1(CC)COS(=O)c2ccccc2[C@@H](c2ccccc2)C1=O.CCCC[C@]1(CC)COS(=O)c2ccccc2[C@H](c2ccccc2)C1=O. The summed E-state index contributed by atoms with van der Waals surface area (Å²) in [7, 11) is 0. The van der Waals surface area contributed by atoms with Gasteiger partial charge in [0, 0.05) is 0 Å². The van der Waals surface area contributed by atoms with Crippen LogP contribution in [0.3, 0.4) is 0 Å². The Morgan fingerprint density at radius 2 is 0.885 bits per heavy atom. The van der Waals surface area contributed by atoms with Crippen molar-refractivity contribution in [2.75, 3.05) is 13.2 Å². The van der Waals surface area contributed by atoms with Gasteiger partial charge in [-0.1, -0.05) is 150 Å². The van der Waals surface area contributed by atoms with Crippen LogP contribution in [0.2, 0.25) is 0 Å². The van der Waals surface area contributed by atoms with E-state index in [0.29, 0.717) is 22.6 Å². The van der Waals surface area contributed by atoms with Gasteiger partial charge in [0.2, 0.25) is 0 Å². The monoisotopic (exact) mass is 740 g/mol. The molecule has 2 aliphatic heterocycles. The topological polar surface area (TPSA) is 86.7 Å². The van der Waals surface area contributed by atoms with Crippen molar-refractivity contribution in [1.82, 2.24) is 0 Å². The molecule has 52 heavy (non-hydrogen) atoms. The van der Waals surface area contributed by atoms with Crippen LogP contribution in [0, 0.1) is 10.8 Å². The predicted molar refractivity (Wildman–Crippen MR) is 209 cm³/mol. The van der Waals surface area contributed by atoms with Crippen LogP contribution in [0.5, 0.6) is 0 Å². The lowest BCUT2D eigenvalue weighted by Gasteiger charge is -2.36. The van der Waals surface area contributed by atoms with Crippen molar-refractivity contribution in [2.45, 2.75) is 101 Å². The van der Waals surface area contributed by atoms with Gasteiger partial charge in [0.05, 0.1) is 45.7 Å². The molecule has 0 saturated heterocycles. The van der Waals surface area contributed by atoms with Gasteiger partial charge in [0.1, 0.15) is 0 Å². The lowest BCUT2D eigenvalue weighted by atomic mass is 9.69. The van der Waals surface area contributed by atoms with E-state index in [1.165, 1.54) is 0 Å². The minimum atomic E-state index is -1.56. The number of unbranched alkanes of at least 4 members (excludes halogenated alkanes) is 2. The quantitative estimate of drug-likeness (QED) is 0.161. The van der Waals surface area contributed by atoms with Crippen molar-refractivity contribution in [3.8, 4) is 0 Å². The van der Waals surface area contributed by atoms with Crippen LogP contribution in [0.25, 0.3) is 0 Å². The van der Waals surface area contributed by atoms with E-state index in [-0.39, 0.29) is 24.8 Å². The standard InChI is InChI=1S/2C22H26O3S/c2*1-3-5-15-22(4-2)16-25-26(24)19-14-10-9-13-18(19)20(21(22)23)17-11-7-6-8-12-17/h2*6-14,20H,3-5,15-16H2,1-2H3/t20-,22+,26?;20-,22-,26?/m01/s1. The number of rotatable bonds is 10. The molecule has 0 radical (unpaired) electrons. The van der Waals surface area contributed by atoms with Gasteiger partial charge >= 0.3 is 0 Å². The van der Waals surface area contributed by atoms with Crippen molar-refractivity contribution in [3.63, 3.8) is 0 Å². The Kier molecular flexibility index (Phi) is 14.1. The highest BCUT2D eigenvalue weighted by Crippen LogP contribution is 2.44. The molecule has 6 atom stereocenters. The number of carbonyl (C=O) groups excluding carboxylic acids is 2. The van der Waals surface area contributed by atoms with E-state index in [2.05, 4.69) is 13.8 Å². The first-order valence-corrected chi connectivity index (χ1v) is 20.9. The maximum atomic E-state index is 13.8. The van der Waals surface area contributed by atoms with Crippen molar-refractivity contribution in [2.24, 2.45) is 10.8 Å². The van der Waals surface area contributed by atoms with Gasteiger partial charge < -0.3 is 0 Å². The molecular formula is C44H52O6S2. The first kappa shape index (κ1) is 39.6. The molecule has 0 fully saturated rings. The van der Waals surface area contributed by atoms with Crippen LogP contribution in [0.4, 0.5) is 0 Å². The number of hydrogen-bond donors (Lipinski definition) is 0. The van der Waals surface area contributed by atoms with E-state index >= 15 is 0 Å². The molecule has 0 spiro atoms. The summed E-state index contributed by atoms with van der Waals surface area (Å²) in [6, 6.07) is 34.6. The molecule has 6 nitrogen and oxygen atoms in total. The fourth-order valence-electron chi connectivity index (χ4n) is 7.52. The first-order chi connectivity index (χ1) is 25.3. The third kappa shape index (κ3) is 8.46. The van der Waals surface area contributed by atoms with Gasteiger partial charge in [-0.3, -0.25) is 18.0 Å². The number of Topliss-reactive ketones (excluding diaryl/α,β-unsaturated/α-hetero) is 2. The smallest absolute Gasteiger partial charge is 0.189 e. The molecule has 4 aromatic carbocycles. The molecule has 0 amide bonds. The third-order valence-corrected chi connectivity index (χ3v) is 13.0. The summed E-state index contributed by atoms with van der Waals surface area (Å²) in [4.78, 5) is 28.9. The maximum absolute atomic E-state index is 13.8. The summed E-state index contributed by atoms with van der Waals surface area (Å²) >= 11 is -3.12. The lowest BCUT2D eigenvalue weighted by molar-refractivity contribution is -0.133. The second-order valence-corrected chi connectivity index (χ2v) is 16.3. The average molecular weight is 741 g/mol. The molecule has 276 valence electrons. The van der Waals surface area contributed by atoms with Gasteiger partial charge in [0.15, 0.2) is 33.7 Å². The van der Waals surface area contributed by atoms with Crippen LogP contribution in [-0.2, 0) is 40.1 Å². The first-order valence-electron chi connectivity index (χ1n) is 18.7. The number of ketones is 2. The minimum Gasteiger partial charge on any atom is -0.298 e. The molecule has 4 aromatic rings. The molecule has 2 heterocycles. The van der Waals surface area contributed by atoms with Gasteiger partial charge in [-0.2, -0.15) is 0 Å². The lowest BCUT2D eigenvalue weighted by Crippen LogP contribution is -2.41. The zero-order valence-corrected chi connectivity index (χ0v) is 32.5. The fourth-order valence-corrected chi connectivity index (χ4v) is 9.57. The van der Waals surface area contributed by atoms with Gasteiger partial charge in [-0.25, -0.2) is 8.42 Å². The van der Waals surface area contributed by atoms with Crippen molar-refractivity contribution < 1.29 is 26.4 Å². The van der Waals surface area contributed by atoms with Crippen LogP contribution in [-0.4, -0.2) is 33.2 Å². The van der Waals surface area contributed by atoms with E-state index in [0.717, 1.165) is 60.8 Å². The third-order valence-electron chi connectivity index (χ3n) is 10.9.